The molecule has 0 aliphatic carbocycles. The highest BCUT2D eigenvalue weighted by molar-refractivity contribution is 9.13. The molecule has 1 aromatic rings. The van der Waals surface area contributed by atoms with E-state index in [0.717, 1.165) is 8.26 Å². The van der Waals surface area contributed by atoms with Gasteiger partial charge < -0.3 is 11.1 Å². The summed E-state index contributed by atoms with van der Waals surface area (Å²) < 4.78 is 1.78. The summed E-state index contributed by atoms with van der Waals surface area (Å²) in [6.07, 6.45) is 0. The third-order valence-electron chi connectivity index (χ3n) is 2.23. The van der Waals surface area contributed by atoms with Crippen molar-refractivity contribution < 1.29 is 4.79 Å². The van der Waals surface area contributed by atoms with Crippen LogP contribution in [0.3, 0.4) is 0 Å². The summed E-state index contributed by atoms with van der Waals surface area (Å²) in [7, 11) is 0. The average molecular weight is 400 g/mol. The topological polar surface area (TPSA) is 55.1 Å². The van der Waals surface area contributed by atoms with Crippen LogP contribution < -0.4 is 11.1 Å². The number of nitrogens with two attached hydrogens (primary N) is 1. The molecule has 0 spiro atoms. The molecule has 0 unspecified atom stereocenters. The lowest BCUT2D eigenvalue weighted by Crippen LogP contribution is -2.41. The summed E-state index contributed by atoms with van der Waals surface area (Å²) in [5.41, 5.74) is 5.21. The number of thiocarbonyl (C=S) groups is 1. The van der Waals surface area contributed by atoms with E-state index in [9.17, 15) is 4.79 Å². The molecular formula is C10H12Br2N2OS2. The maximum absolute atomic E-state index is 11.9. The van der Waals surface area contributed by atoms with Crippen molar-refractivity contribution in [2.45, 2.75) is 13.8 Å². The molecule has 1 rings (SSSR count). The van der Waals surface area contributed by atoms with Crippen molar-refractivity contribution in [1.29, 1.82) is 0 Å². The van der Waals surface area contributed by atoms with E-state index in [-0.39, 0.29) is 11.3 Å². The summed E-state index contributed by atoms with van der Waals surface area (Å²) in [5, 5.41) is 2.82. The quantitative estimate of drug-likeness (QED) is 0.763. The van der Waals surface area contributed by atoms with Crippen LogP contribution in [-0.2, 0) is 0 Å². The molecule has 0 saturated carbocycles. The summed E-state index contributed by atoms with van der Waals surface area (Å²) in [4.78, 5) is 12.9. The van der Waals surface area contributed by atoms with Crippen LogP contribution in [0.4, 0.5) is 0 Å². The average Bonchev–Trinajstić information content (AvgIpc) is 2.56. The van der Waals surface area contributed by atoms with Gasteiger partial charge in [0.05, 0.1) is 13.7 Å². The molecular weight excluding hydrogens is 388 g/mol. The molecule has 1 amide bonds. The molecule has 3 nitrogen and oxygen atoms in total. The van der Waals surface area contributed by atoms with Crippen LogP contribution >= 0.6 is 55.4 Å². The Labute approximate surface area is 126 Å². The van der Waals surface area contributed by atoms with Gasteiger partial charge in [-0.2, -0.15) is 0 Å². The zero-order valence-electron chi connectivity index (χ0n) is 9.34. The molecule has 3 N–H and O–H groups in total. The molecule has 0 radical (unpaired) electrons. The molecule has 0 atom stereocenters. The van der Waals surface area contributed by atoms with Gasteiger partial charge >= 0.3 is 0 Å². The normalized spacial score (nSPS) is 11.3. The van der Waals surface area contributed by atoms with Gasteiger partial charge in [-0.25, -0.2) is 0 Å². The first kappa shape index (κ1) is 15.1. The number of amides is 1. The van der Waals surface area contributed by atoms with E-state index in [0.29, 0.717) is 16.4 Å². The molecule has 0 aromatic carbocycles. The Hall–Kier alpha value is 0.0200. The molecule has 7 heteroatoms. The van der Waals surface area contributed by atoms with Gasteiger partial charge in [0.25, 0.3) is 5.91 Å². The Balaban J connectivity index is 2.65. The minimum absolute atomic E-state index is 0.120. The smallest absolute Gasteiger partial charge is 0.261 e. The number of rotatable bonds is 4. The van der Waals surface area contributed by atoms with Gasteiger partial charge in [-0.05, 0) is 37.9 Å². The maximum Gasteiger partial charge on any atom is 0.261 e. The first-order chi connectivity index (χ1) is 7.74. The van der Waals surface area contributed by atoms with Crippen molar-refractivity contribution >= 4 is 66.3 Å². The molecule has 0 fully saturated rings. The van der Waals surface area contributed by atoms with Crippen molar-refractivity contribution in [1.82, 2.24) is 5.32 Å². The first-order valence-electron chi connectivity index (χ1n) is 4.77. The van der Waals surface area contributed by atoms with Gasteiger partial charge in [0.1, 0.15) is 0 Å². The molecule has 0 saturated heterocycles. The van der Waals surface area contributed by atoms with Crippen molar-refractivity contribution in [3.63, 3.8) is 0 Å². The van der Waals surface area contributed by atoms with E-state index in [1.807, 2.05) is 13.8 Å². The van der Waals surface area contributed by atoms with Crippen LogP contribution in [0, 0.1) is 5.41 Å². The van der Waals surface area contributed by atoms with Crippen molar-refractivity contribution in [3.05, 3.63) is 19.2 Å². The second-order valence-electron chi connectivity index (χ2n) is 4.16. The summed E-state index contributed by atoms with van der Waals surface area (Å²) in [6.45, 7) is 4.22. The lowest BCUT2D eigenvalue weighted by atomic mass is 9.94. The second kappa shape index (κ2) is 5.77. The third-order valence-corrected chi connectivity index (χ3v) is 6.03. The maximum atomic E-state index is 11.9. The molecule has 0 aliphatic heterocycles. The van der Waals surface area contributed by atoms with Crippen LogP contribution in [0.1, 0.15) is 23.5 Å². The predicted molar refractivity (Wildman–Crippen MR) is 82.6 cm³/mol. The zero-order chi connectivity index (χ0) is 13.2. The van der Waals surface area contributed by atoms with E-state index in [1.54, 1.807) is 6.07 Å². The van der Waals surface area contributed by atoms with E-state index >= 15 is 0 Å². The highest BCUT2D eigenvalue weighted by Gasteiger charge is 2.23. The SMILES string of the molecule is CC(C)(CNC(=O)c1cc(Br)c(Br)s1)C(N)=S. The monoisotopic (exact) mass is 398 g/mol. The Kier molecular flexibility index (Phi) is 5.12. The number of thiophene rings is 1. The number of halogens is 2. The fourth-order valence-electron chi connectivity index (χ4n) is 0.934. The van der Waals surface area contributed by atoms with E-state index < -0.39 is 0 Å². The van der Waals surface area contributed by atoms with Crippen LogP contribution in [0.15, 0.2) is 14.3 Å². The number of carbonyl (C=O) groups excluding carboxylic acids is 1. The Bertz CT molecular complexity index is 438. The van der Waals surface area contributed by atoms with Gasteiger partial charge in [0.15, 0.2) is 0 Å². The number of carbonyl (C=O) groups is 1. The minimum atomic E-state index is -0.378. The molecule has 1 heterocycles. The highest BCUT2D eigenvalue weighted by Crippen LogP contribution is 2.32. The van der Waals surface area contributed by atoms with Crippen molar-refractivity contribution in [2.75, 3.05) is 6.54 Å². The van der Waals surface area contributed by atoms with Crippen LogP contribution in [0.25, 0.3) is 0 Å². The molecule has 1 aromatic heterocycles. The van der Waals surface area contributed by atoms with Gasteiger partial charge in [-0.3, -0.25) is 4.79 Å². The Morgan fingerprint density at radius 3 is 2.59 bits per heavy atom. The summed E-state index contributed by atoms with van der Waals surface area (Å²) >= 11 is 13.0. The van der Waals surface area contributed by atoms with Crippen molar-refractivity contribution in [2.24, 2.45) is 11.1 Å². The van der Waals surface area contributed by atoms with Crippen molar-refractivity contribution in [3.8, 4) is 0 Å². The predicted octanol–water partition coefficient (Wildman–Crippen LogP) is 3.32. The van der Waals surface area contributed by atoms with Crippen LogP contribution in [0.2, 0.25) is 0 Å². The van der Waals surface area contributed by atoms with Crippen LogP contribution in [0.5, 0.6) is 0 Å². The van der Waals surface area contributed by atoms with Gasteiger partial charge in [0, 0.05) is 16.4 Å². The fraction of sp³-hybridized carbons (Fsp3) is 0.400. The standard InChI is InChI=1S/C10H12Br2N2OS2/c1-10(2,9(13)16)4-14-8(15)6-3-5(11)7(12)17-6/h3H,4H2,1-2H3,(H2,13,16)(H,14,15). The first-order valence-corrected chi connectivity index (χ1v) is 7.58. The Morgan fingerprint density at radius 1 is 1.59 bits per heavy atom. The van der Waals surface area contributed by atoms with Gasteiger partial charge in [-0.1, -0.05) is 26.1 Å². The number of nitrogens with one attached hydrogen (secondary N) is 1. The zero-order valence-corrected chi connectivity index (χ0v) is 14.1. The minimum Gasteiger partial charge on any atom is -0.393 e. The van der Waals surface area contributed by atoms with E-state index in [4.69, 9.17) is 18.0 Å². The molecule has 0 aliphatic rings. The summed E-state index contributed by atoms with van der Waals surface area (Å²) in [5.74, 6) is -0.120. The number of hydrogen-bond acceptors (Lipinski definition) is 3. The third kappa shape index (κ3) is 4.01. The van der Waals surface area contributed by atoms with Crippen LogP contribution in [-0.4, -0.2) is 17.4 Å². The number of hydrogen-bond donors (Lipinski definition) is 2. The van der Waals surface area contributed by atoms with E-state index in [1.165, 1.54) is 11.3 Å². The van der Waals surface area contributed by atoms with Gasteiger partial charge in [-0.15, -0.1) is 11.3 Å². The lowest BCUT2D eigenvalue weighted by molar-refractivity contribution is 0.0949. The molecule has 0 bridgehead atoms. The second-order valence-corrected chi connectivity index (χ2v) is 7.83. The fourth-order valence-corrected chi connectivity index (χ4v) is 2.96. The van der Waals surface area contributed by atoms with E-state index in [2.05, 4.69) is 37.2 Å². The summed E-state index contributed by atoms with van der Waals surface area (Å²) in [6, 6.07) is 1.78. The largest absolute Gasteiger partial charge is 0.393 e. The van der Waals surface area contributed by atoms with Gasteiger partial charge in [0.2, 0.25) is 0 Å². The lowest BCUT2D eigenvalue weighted by Gasteiger charge is -2.23. The Morgan fingerprint density at radius 2 is 2.18 bits per heavy atom. The molecule has 94 valence electrons. The highest BCUT2D eigenvalue weighted by atomic mass is 79.9. The molecule has 17 heavy (non-hydrogen) atoms.